The summed E-state index contributed by atoms with van der Waals surface area (Å²) in [5, 5.41) is 4.07. The zero-order valence-electron chi connectivity index (χ0n) is 11.8. The lowest BCUT2D eigenvalue weighted by molar-refractivity contribution is 0.0731. The summed E-state index contributed by atoms with van der Waals surface area (Å²) >= 11 is 0. The molecule has 1 aromatic heterocycles. The van der Waals surface area contributed by atoms with Crippen LogP contribution in [0.25, 0.3) is 0 Å². The molecule has 0 aliphatic carbocycles. The number of carbonyl (C=O) groups is 1. The number of likely N-dealkylation sites (tertiary alicyclic amines) is 1. The average molecular weight is 270 g/mol. The Balaban J connectivity index is 1.85. The fourth-order valence-electron chi connectivity index (χ4n) is 2.72. The summed E-state index contributed by atoms with van der Waals surface area (Å²) in [6, 6.07) is 9.69. The molecule has 1 saturated heterocycles. The van der Waals surface area contributed by atoms with Gasteiger partial charge in [-0.1, -0.05) is 22.9 Å². The molecule has 3 rings (SSSR count). The molecule has 4 nitrogen and oxygen atoms in total. The van der Waals surface area contributed by atoms with Gasteiger partial charge in [-0.05, 0) is 38.8 Å². The first-order valence-electron chi connectivity index (χ1n) is 6.96. The Morgan fingerprint density at radius 3 is 2.70 bits per heavy atom. The minimum absolute atomic E-state index is 0.0428. The van der Waals surface area contributed by atoms with Crippen LogP contribution in [-0.4, -0.2) is 22.5 Å². The Bertz CT molecular complexity index is 616. The van der Waals surface area contributed by atoms with Crippen molar-refractivity contribution >= 4 is 5.91 Å². The first-order chi connectivity index (χ1) is 9.65. The molecular weight excluding hydrogens is 252 g/mol. The SMILES string of the molecule is Cc1ccc(C(=O)N2CCC[C@@H]2c2cc(C)on2)cc1. The fraction of sp³-hybridized carbons (Fsp3) is 0.375. The molecule has 1 aliphatic heterocycles. The van der Waals surface area contributed by atoms with Crippen LogP contribution in [-0.2, 0) is 0 Å². The third kappa shape index (κ3) is 2.33. The van der Waals surface area contributed by atoms with Gasteiger partial charge in [0.1, 0.15) is 11.5 Å². The number of carbonyl (C=O) groups excluding carboxylic acids is 1. The molecule has 0 radical (unpaired) electrons. The van der Waals surface area contributed by atoms with Crippen LogP contribution in [0, 0.1) is 13.8 Å². The van der Waals surface area contributed by atoms with Crippen molar-refractivity contribution in [1.82, 2.24) is 10.1 Å². The van der Waals surface area contributed by atoms with Crippen LogP contribution >= 0.6 is 0 Å². The van der Waals surface area contributed by atoms with E-state index in [1.807, 2.05) is 49.1 Å². The third-order valence-corrected chi connectivity index (χ3v) is 3.80. The molecule has 0 N–H and O–H groups in total. The topological polar surface area (TPSA) is 46.3 Å². The largest absolute Gasteiger partial charge is 0.361 e. The van der Waals surface area contributed by atoms with Crippen LogP contribution in [0.2, 0.25) is 0 Å². The van der Waals surface area contributed by atoms with Gasteiger partial charge >= 0.3 is 0 Å². The highest BCUT2D eigenvalue weighted by molar-refractivity contribution is 5.94. The molecule has 0 bridgehead atoms. The monoisotopic (exact) mass is 270 g/mol. The number of amides is 1. The summed E-state index contributed by atoms with van der Waals surface area (Å²) in [6.07, 6.45) is 1.96. The molecule has 0 unspecified atom stereocenters. The summed E-state index contributed by atoms with van der Waals surface area (Å²) in [5.41, 5.74) is 2.76. The van der Waals surface area contributed by atoms with Gasteiger partial charge in [-0.2, -0.15) is 0 Å². The number of hydrogen-bond acceptors (Lipinski definition) is 3. The van der Waals surface area contributed by atoms with E-state index in [1.165, 1.54) is 0 Å². The summed E-state index contributed by atoms with van der Waals surface area (Å²) in [5.74, 6) is 0.864. The summed E-state index contributed by atoms with van der Waals surface area (Å²) in [6.45, 7) is 4.67. The number of rotatable bonds is 2. The third-order valence-electron chi connectivity index (χ3n) is 3.80. The van der Waals surface area contributed by atoms with Crippen LogP contribution in [0.1, 0.15) is 46.3 Å². The van der Waals surface area contributed by atoms with Crippen molar-refractivity contribution in [3.8, 4) is 0 Å². The standard InChI is InChI=1S/C16H18N2O2/c1-11-5-7-13(8-6-11)16(19)18-9-3-4-15(18)14-10-12(2)20-17-14/h5-8,10,15H,3-4,9H2,1-2H3/t15-/m1/s1. The second kappa shape index (κ2) is 5.12. The normalized spacial score (nSPS) is 18.5. The van der Waals surface area contributed by atoms with Gasteiger partial charge in [0.2, 0.25) is 0 Å². The van der Waals surface area contributed by atoms with E-state index in [2.05, 4.69) is 5.16 Å². The zero-order valence-corrected chi connectivity index (χ0v) is 11.8. The van der Waals surface area contributed by atoms with Gasteiger partial charge in [0.05, 0.1) is 6.04 Å². The van der Waals surface area contributed by atoms with Crippen LogP contribution in [0.5, 0.6) is 0 Å². The molecule has 1 aromatic carbocycles. The first-order valence-corrected chi connectivity index (χ1v) is 6.96. The van der Waals surface area contributed by atoms with Gasteiger partial charge in [-0.25, -0.2) is 0 Å². The van der Waals surface area contributed by atoms with Crippen LogP contribution in [0.3, 0.4) is 0 Å². The van der Waals surface area contributed by atoms with E-state index >= 15 is 0 Å². The van der Waals surface area contributed by atoms with Crippen molar-refractivity contribution in [2.45, 2.75) is 32.7 Å². The molecular formula is C16H18N2O2. The van der Waals surface area contributed by atoms with E-state index in [0.29, 0.717) is 0 Å². The summed E-state index contributed by atoms with van der Waals surface area (Å²) < 4.78 is 5.14. The second-order valence-corrected chi connectivity index (χ2v) is 5.39. The van der Waals surface area contributed by atoms with Crippen molar-refractivity contribution in [2.24, 2.45) is 0 Å². The van der Waals surface area contributed by atoms with Gasteiger partial charge in [0.15, 0.2) is 0 Å². The van der Waals surface area contributed by atoms with Gasteiger partial charge in [0.25, 0.3) is 5.91 Å². The smallest absolute Gasteiger partial charge is 0.254 e. The zero-order chi connectivity index (χ0) is 14.1. The summed E-state index contributed by atoms with van der Waals surface area (Å²) in [4.78, 5) is 14.5. The van der Waals surface area contributed by atoms with Crippen molar-refractivity contribution < 1.29 is 9.32 Å². The van der Waals surface area contributed by atoms with E-state index in [0.717, 1.165) is 42.0 Å². The lowest BCUT2D eigenvalue weighted by atomic mass is 10.1. The Labute approximate surface area is 118 Å². The van der Waals surface area contributed by atoms with Crippen LogP contribution in [0.4, 0.5) is 0 Å². The maximum absolute atomic E-state index is 12.6. The highest BCUT2D eigenvalue weighted by Gasteiger charge is 2.32. The fourth-order valence-corrected chi connectivity index (χ4v) is 2.72. The second-order valence-electron chi connectivity index (χ2n) is 5.39. The molecule has 1 amide bonds. The van der Waals surface area contributed by atoms with Crippen molar-refractivity contribution in [1.29, 1.82) is 0 Å². The van der Waals surface area contributed by atoms with Crippen LogP contribution in [0.15, 0.2) is 34.9 Å². The number of benzene rings is 1. The molecule has 0 spiro atoms. The minimum atomic E-state index is 0.0428. The lowest BCUT2D eigenvalue weighted by Gasteiger charge is -2.23. The minimum Gasteiger partial charge on any atom is -0.361 e. The van der Waals surface area contributed by atoms with E-state index in [4.69, 9.17) is 4.52 Å². The van der Waals surface area contributed by atoms with Gasteiger partial charge in [-0.3, -0.25) is 4.79 Å². The molecule has 4 heteroatoms. The molecule has 104 valence electrons. The number of hydrogen-bond donors (Lipinski definition) is 0. The van der Waals surface area contributed by atoms with Crippen molar-refractivity contribution in [3.63, 3.8) is 0 Å². The van der Waals surface area contributed by atoms with Crippen LogP contribution < -0.4 is 0 Å². The Kier molecular flexibility index (Phi) is 3.30. The quantitative estimate of drug-likeness (QED) is 0.841. The summed E-state index contributed by atoms with van der Waals surface area (Å²) in [7, 11) is 0. The lowest BCUT2D eigenvalue weighted by Crippen LogP contribution is -2.30. The Hall–Kier alpha value is -2.10. The molecule has 1 atom stereocenters. The molecule has 1 fully saturated rings. The predicted octanol–water partition coefficient (Wildman–Crippen LogP) is 3.27. The van der Waals surface area contributed by atoms with Crippen molar-refractivity contribution in [2.75, 3.05) is 6.54 Å². The molecule has 0 saturated carbocycles. The highest BCUT2D eigenvalue weighted by atomic mass is 16.5. The molecule has 2 aromatic rings. The maximum atomic E-state index is 12.6. The number of aromatic nitrogens is 1. The van der Waals surface area contributed by atoms with E-state index in [-0.39, 0.29) is 11.9 Å². The Morgan fingerprint density at radius 2 is 2.05 bits per heavy atom. The first kappa shape index (κ1) is 12.9. The average Bonchev–Trinajstić information content (AvgIpc) is 3.07. The van der Waals surface area contributed by atoms with Gasteiger partial charge in [-0.15, -0.1) is 0 Å². The number of nitrogens with zero attached hydrogens (tertiary/aromatic N) is 2. The van der Waals surface area contributed by atoms with Crippen molar-refractivity contribution in [3.05, 3.63) is 52.9 Å². The molecule has 1 aliphatic rings. The maximum Gasteiger partial charge on any atom is 0.254 e. The molecule has 2 heterocycles. The van der Waals surface area contributed by atoms with Gasteiger partial charge in [0, 0.05) is 18.2 Å². The van der Waals surface area contributed by atoms with E-state index in [1.54, 1.807) is 0 Å². The van der Waals surface area contributed by atoms with Gasteiger partial charge < -0.3 is 9.42 Å². The highest BCUT2D eigenvalue weighted by Crippen LogP contribution is 2.32. The van der Waals surface area contributed by atoms with E-state index in [9.17, 15) is 4.79 Å². The Morgan fingerprint density at radius 1 is 1.30 bits per heavy atom. The predicted molar refractivity (Wildman–Crippen MR) is 75.4 cm³/mol. The molecule has 20 heavy (non-hydrogen) atoms. The number of aryl methyl sites for hydroxylation is 2. The van der Waals surface area contributed by atoms with E-state index < -0.39 is 0 Å².